The smallest absolute Gasteiger partial charge is 0.301 e. The van der Waals surface area contributed by atoms with Crippen LogP contribution in [0.3, 0.4) is 0 Å². The zero-order valence-electron chi connectivity index (χ0n) is 16.7. The molecule has 2 N–H and O–H groups in total. The highest BCUT2D eigenvalue weighted by Crippen LogP contribution is 2.30. The van der Waals surface area contributed by atoms with Crippen LogP contribution in [0.5, 0.6) is 0 Å². The third-order valence-corrected chi connectivity index (χ3v) is 5.36. The molecular formula is C21H15Br2N5O5. The van der Waals surface area contributed by atoms with E-state index in [0.717, 1.165) is 16.6 Å². The first-order valence-corrected chi connectivity index (χ1v) is 11.2. The molecule has 0 spiro atoms. The summed E-state index contributed by atoms with van der Waals surface area (Å²) in [6.07, 6.45) is 0. The van der Waals surface area contributed by atoms with Gasteiger partial charge in [0.25, 0.3) is 5.69 Å². The molecule has 1 amide bonds. The maximum Gasteiger partial charge on any atom is 0.301 e. The molecule has 3 aromatic rings. The summed E-state index contributed by atoms with van der Waals surface area (Å²) >= 11 is 6.53. The average molecular weight is 577 g/mol. The van der Waals surface area contributed by atoms with Crippen molar-refractivity contribution < 1.29 is 14.6 Å². The first-order chi connectivity index (χ1) is 15.8. The lowest BCUT2D eigenvalue weighted by Gasteiger charge is -2.14. The van der Waals surface area contributed by atoms with E-state index < -0.39 is 21.2 Å². The van der Waals surface area contributed by atoms with Gasteiger partial charge in [-0.2, -0.15) is 5.10 Å². The number of benzene rings is 3. The monoisotopic (exact) mass is 575 g/mol. The normalized spacial score (nSPS) is 11.0. The fourth-order valence-corrected chi connectivity index (χ4v) is 3.38. The molecule has 0 unspecified atom stereocenters. The Bertz CT molecular complexity index is 1250. The van der Waals surface area contributed by atoms with Gasteiger partial charge in [0.05, 0.1) is 32.6 Å². The van der Waals surface area contributed by atoms with E-state index in [1.807, 2.05) is 6.07 Å². The van der Waals surface area contributed by atoms with Crippen LogP contribution in [0.4, 0.5) is 22.7 Å². The average Bonchev–Trinajstić information content (AvgIpc) is 2.81. The Labute approximate surface area is 204 Å². The Kier molecular flexibility index (Phi) is 7.85. The van der Waals surface area contributed by atoms with Gasteiger partial charge < -0.3 is 5.32 Å². The number of anilines is 2. The third kappa shape index (κ3) is 5.99. The molecule has 3 rings (SSSR count). The van der Waals surface area contributed by atoms with Crippen LogP contribution in [0.15, 0.2) is 76.3 Å². The van der Waals surface area contributed by atoms with Crippen molar-refractivity contribution in [2.75, 3.05) is 16.1 Å². The molecule has 0 aliphatic carbocycles. The third-order valence-electron chi connectivity index (χ3n) is 4.36. The zero-order valence-corrected chi connectivity index (χ0v) is 19.9. The van der Waals surface area contributed by atoms with Crippen LogP contribution in [0.1, 0.15) is 11.1 Å². The Morgan fingerprint density at radius 3 is 2.27 bits per heavy atom. The van der Waals surface area contributed by atoms with Gasteiger partial charge in [-0.25, -0.2) is 0 Å². The minimum Gasteiger partial charge on any atom is -0.325 e. The number of carbonyl (C=O) groups is 1. The van der Waals surface area contributed by atoms with Crippen molar-refractivity contribution in [3.63, 3.8) is 0 Å². The summed E-state index contributed by atoms with van der Waals surface area (Å²) in [5, 5.41) is 29.7. The summed E-state index contributed by atoms with van der Waals surface area (Å²) in [6.45, 7) is 0. The Morgan fingerprint density at radius 2 is 1.64 bits per heavy atom. The van der Waals surface area contributed by atoms with Crippen LogP contribution in [0, 0.1) is 20.2 Å². The number of hydrogen-bond donors (Lipinski definition) is 2. The second kappa shape index (κ2) is 10.8. The van der Waals surface area contributed by atoms with Crippen LogP contribution in [-0.4, -0.2) is 26.8 Å². The molecule has 0 atom stereocenters. The number of nitrogens with zero attached hydrogens (tertiary/aromatic N) is 3. The number of nitro benzene ring substituents is 2. The fourth-order valence-electron chi connectivity index (χ4n) is 2.88. The van der Waals surface area contributed by atoms with E-state index in [2.05, 4.69) is 47.7 Å². The molecule has 0 aliphatic rings. The molecule has 10 nitrogen and oxygen atoms in total. The van der Waals surface area contributed by atoms with E-state index in [9.17, 15) is 25.0 Å². The second-order valence-corrected chi connectivity index (χ2v) is 8.00. The number of halogens is 2. The van der Waals surface area contributed by atoms with Crippen molar-refractivity contribution in [2.24, 2.45) is 5.10 Å². The van der Waals surface area contributed by atoms with Gasteiger partial charge in [0, 0.05) is 21.7 Å². The molecule has 3 aromatic carbocycles. The molecule has 0 fully saturated rings. The molecule has 0 aliphatic heterocycles. The first-order valence-electron chi connectivity index (χ1n) is 9.28. The number of alkyl halides is 1. The van der Waals surface area contributed by atoms with Crippen molar-refractivity contribution >= 4 is 66.2 Å². The van der Waals surface area contributed by atoms with Crippen molar-refractivity contribution in [3.05, 3.63) is 103 Å². The molecule has 0 heterocycles. The highest BCUT2D eigenvalue weighted by Gasteiger charge is 2.20. The van der Waals surface area contributed by atoms with E-state index in [-0.39, 0.29) is 16.9 Å². The summed E-state index contributed by atoms with van der Waals surface area (Å²) in [7, 11) is 0. The molecule has 168 valence electrons. The largest absolute Gasteiger partial charge is 0.325 e. The molecule has 0 bridgehead atoms. The quantitative estimate of drug-likeness (QED) is 0.158. The number of nitro groups is 2. The van der Waals surface area contributed by atoms with Crippen molar-refractivity contribution in [1.29, 1.82) is 0 Å². The minimum atomic E-state index is -0.728. The van der Waals surface area contributed by atoms with E-state index in [0.29, 0.717) is 22.5 Å². The number of carbonyl (C=O) groups excluding carboxylic acids is 1. The lowest BCUT2D eigenvalue weighted by molar-refractivity contribution is -0.393. The number of hydrogen-bond acceptors (Lipinski definition) is 7. The maximum absolute atomic E-state index is 12.0. The Balaban J connectivity index is 2.13. The lowest BCUT2D eigenvalue weighted by Crippen LogP contribution is -2.17. The number of non-ortho nitro benzene ring substituents is 1. The summed E-state index contributed by atoms with van der Waals surface area (Å²) in [5.74, 6) is -0.273. The fraction of sp³-hybridized carbons (Fsp3) is 0.0476. The Morgan fingerprint density at radius 1 is 0.939 bits per heavy atom. The predicted molar refractivity (Wildman–Crippen MR) is 132 cm³/mol. The van der Waals surface area contributed by atoms with Crippen molar-refractivity contribution in [3.8, 4) is 0 Å². The lowest BCUT2D eigenvalue weighted by atomic mass is 10.0. The van der Waals surface area contributed by atoms with Crippen molar-refractivity contribution in [1.82, 2.24) is 0 Å². The van der Waals surface area contributed by atoms with Crippen LogP contribution in [-0.2, 0) is 4.79 Å². The number of nitrogens with one attached hydrogen (secondary N) is 2. The minimum absolute atomic E-state index is 0.0277. The number of amides is 1. The van der Waals surface area contributed by atoms with Gasteiger partial charge in [-0.15, -0.1) is 0 Å². The Hall–Kier alpha value is -3.64. The molecule has 33 heavy (non-hydrogen) atoms. The van der Waals surface area contributed by atoms with Gasteiger partial charge >= 0.3 is 5.69 Å². The highest BCUT2D eigenvalue weighted by atomic mass is 79.9. The molecular weight excluding hydrogens is 562 g/mol. The van der Waals surface area contributed by atoms with Crippen LogP contribution >= 0.6 is 31.9 Å². The number of rotatable bonds is 8. The molecule has 0 radical (unpaired) electrons. The SMILES string of the molecule is O=C(CBr)Nc1ccc(Br)cc1C(=NNc1ccc([N+](=O)[O-])cc1[N+](=O)[O-])c1ccccc1. The molecule has 12 heteroatoms. The van der Waals surface area contributed by atoms with Crippen LogP contribution in [0.2, 0.25) is 0 Å². The van der Waals surface area contributed by atoms with Crippen LogP contribution in [0.25, 0.3) is 0 Å². The van der Waals surface area contributed by atoms with Gasteiger partial charge in [0.2, 0.25) is 5.91 Å². The first kappa shape index (κ1) is 24.0. The van der Waals surface area contributed by atoms with E-state index in [4.69, 9.17) is 0 Å². The second-order valence-electron chi connectivity index (χ2n) is 6.53. The van der Waals surface area contributed by atoms with Gasteiger partial charge in [-0.3, -0.25) is 30.4 Å². The molecule has 0 saturated heterocycles. The van der Waals surface area contributed by atoms with Gasteiger partial charge in [0.15, 0.2) is 0 Å². The predicted octanol–water partition coefficient (Wildman–Crippen LogP) is 5.46. The van der Waals surface area contributed by atoms with E-state index in [1.54, 1.807) is 42.5 Å². The standard InChI is InChI=1S/C21H15Br2N5O5/c22-12-20(29)24-17-8-6-14(23)10-16(17)21(13-4-2-1-3-5-13)26-25-18-9-7-15(27(30)31)11-19(18)28(32)33/h1-11,25H,12H2,(H,24,29). The zero-order chi connectivity index (χ0) is 24.0. The van der Waals surface area contributed by atoms with Crippen LogP contribution < -0.4 is 10.7 Å². The maximum atomic E-state index is 12.0. The number of hydrazone groups is 1. The topological polar surface area (TPSA) is 140 Å². The van der Waals surface area contributed by atoms with Gasteiger partial charge in [0.1, 0.15) is 5.69 Å². The molecule has 0 saturated carbocycles. The summed E-state index contributed by atoms with van der Waals surface area (Å²) in [6, 6.07) is 17.4. The molecule has 0 aromatic heterocycles. The van der Waals surface area contributed by atoms with Crippen molar-refractivity contribution in [2.45, 2.75) is 0 Å². The summed E-state index contributed by atoms with van der Waals surface area (Å²) < 4.78 is 0.722. The van der Waals surface area contributed by atoms with Gasteiger partial charge in [-0.05, 0) is 24.3 Å². The highest BCUT2D eigenvalue weighted by molar-refractivity contribution is 9.10. The van der Waals surface area contributed by atoms with E-state index in [1.165, 1.54) is 6.07 Å². The van der Waals surface area contributed by atoms with Gasteiger partial charge in [-0.1, -0.05) is 62.2 Å². The summed E-state index contributed by atoms with van der Waals surface area (Å²) in [5.41, 5.74) is 3.79. The van der Waals surface area contributed by atoms with E-state index >= 15 is 0 Å². The summed E-state index contributed by atoms with van der Waals surface area (Å²) in [4.78, 5) is 33.0.